The van der Waals surface area contributed by atoms with Gasteiger partial charge in [-0.25, -0.2) is 9.78 Å². The van der Waals surface area contributed by atoms with Gasteiger partial charge in [-0.05, 0) is 18.2 Å². The van der Waals surface area contributed by atoms with E-state index in [4.69, 9.17) is 23.2 Å². The molecule has 0 aliphatic carbocycles. The summed E-state index contributed by atoms with van der Waals surface area (Å²) >= 11 is 11.7. The van der Waals surface area contributed by atoms with Gasteiger partial charge in [0.1, 0.15) is 10.8 Å². The van der Waals surface area contributed by atoms with Gasteiger partial charge in [0.2, 0.25) is 0 Å². The van der Waals surface area contributed by atoms with Gasteiger partial charge in [-0.1, -0.05) is 47.5 Å². The third-order valence-electron chi connectivity index (χ3n) is 2.69. The molecule has 21 heavy (non-hydrogen) atoms. The van der Waals surface area contributed by atoms with Gasteiger partial charge in [0, 0.05) is 10.6 Å². The van der Waals surface area contributed by atoms with Gasteiger partial charge in [0.25, 0.3) is 5.91 Å². The van der Waals surface area contributed by atoms with Crippen molar-refractivity contribution >= 4 is 35.1 Å². The minimum atomic E-state index is -1.27. The summed E-state index contributed by atoms with van der Waals surface area (Å²) in [6, 6.07) is 9.63. The molecule has 0 aliphatic heterocycles. The van der Waals surface area contributed by atoms with Crippen molar-refractivity contribution in [2.24, 2.45) is 0 Å². The van der Waals surface area contributed by atoms with Crippen LogP contribution in [-0.2, 0) is 4.79 Å². The summed E-state index contributed by atoms with van der Waals surface area (Å²) in [5, 5.41) is 12.1. The van der Waals surface area contributed by atoms with Gasteiger partial charge in [0.15, 0.2) is 6.04 Å². The lowest BCUT2D eigenvalue weighted by Crippen LogP contribution is -2.34. The number of carbonyl (C=O) groups excluding carboxylic acids is 1. The molecule has 5 nitrogen and oxygen atoms in total. The van der Waals surface area contributed by atoms with Crippen molar-refractivity contribution in [3.8, 4) is 0 Å². The van der Waals surface area contributed by atoms with Gasteiger partial charge in [-0.3, -0.25) is 4.79 Å². The van der Waals surface area contributed by atoms with Crippen molar-refractivity contribution in [2.75, 3.05) is 0 Å². The maximum atomic E-state index is 12.1. The van der Waals surface area contributed by atoms with Crippen molar-refractivity contribution in [1.82, 2.24) is 10.3 Å². The Hall–Kier alpha value is -2.11. The predicted molar refractivity (Wildman–Crippen MR) is 78.5 cm³/mol. The second kappa shape index (κ2) is 6.56. The van der Waals surface area contributed by atoms with Gasteiger partial charge in [-0.2, -0.15) is 0 Å². The molecule has 0 aliphatic rings. The fourth-order valence-electron chi connectivity index (χ4n) is 1.72. The maximum absolute atomic E-state index is 12.1. The molecule has 2 aromatic rings. The number of aliphatic carboxylic acids is 1. The van der Waals surface area contributed by atoms with E-state index in [1.807, 2.05) is 0 Å². The molecule has 0 fully saturated rings. The Balaban J connectivity index is 2.27. The zero-order chi connectivity index (χ0) is 15.4. The Labute approximate surface area is 130 Å². The molecule has 0 unspecified atom stereocenters. The summed E-state index contributed by atoms with van der Waals surface area (Å²) in [5.41, 5.74) is 0.322. The van der Waals surface area contributed by atoms with Crippen LogP contribution in [-0.4, -0.2) is 22.0 Å². The minimum absolute atomic E-state index is 0.0285. The number of halogens is 2. The highest BCUT2D eigenvalue weighted by Gasteiger charge is 2.25. The fraction of sp³-hybridized carbons (Fsp3) is 0.0714. The van der Waals surface area contributed by atoms with E-state index in [-0.39, 0.29) is 15.9 Å². The first-order valence-corrected chi connectivity index (χ1v) is 6.65. The molecular weight excluding hydrogens is 315 g/mol. The quantitative estimate of drug-likeness (QED) is 0.847. The van der Waals surface area contributed by atoms with Crippen LogP contribution in [0.1, 0.15) is 22.1 Å². The number of carboxylic acid groups (broad SMARTS) is 1. The number of nitrogens with one attached hydrogen (secondary N) is 1. The second-order valence-electron chi connectivity index (χ2n) is 4.11. The molecule has 2 N–H and O–H groups in total. The van der Waals surface area contributed by atoms with E-state index in [1.54, 1.807) is 24.3 Å². The highest BCUT2D eigenvalue weighted by Crippen LogP contribution is 2.23. The van der Waals surface area contributed by atoms with Crippen LogP contribution < -0.4 is 5.32 Å². The van der Waals surface area contributed by atoms with Crippen LogP contribution in [0.5, 0.6) is 0 Å². The summed E-state index contributed by atoms with van der Waals surface area (Å²) < 4.78 is 0. The predicted octanol–water partition coefficient (Wildman–Crippen LogP) is 2.94. The van der Waals surface area contributed by atoms with Crippen molar-refractivity contribution in [1.29, 1.82) is 0 Å². The van der Waals surface area contributed by atoms with E-state index in [9.17, 15) is 14.7 Å². The summed E-state index contributed by atoms with van der Waals surface area (Å²) in [5.74, 6) is -1.87. The van der Waals surface area contributed by atoms with Gasteiger partial charge >= 0.3 is 5.97 Å². The first-order chi connectivity index (χ1) is 9.99. The summed E-state index contributed by atoms with van der Waals surface area (Å²) in [4.78, 5) is 27.3. The highest BCUT2D eigenvalue weighted by atomic mass is 35.5. The lowest BCUT2D eigenvalue weighted by Gasteiger charge is -2.15. The third kappa shape index (κ3) is 3.71. The van der Waals surface area contributed by atoms with Crippen LogP contribution in [0.15, 0.2) is 42.5 Å². The Morgan fingerprint density at radius 2 is 1.81 bits per heavy atom. The number of amides is 1. The smallest absolute Gasteiger partial charge is 0.330 e. The maximum Gasteiger partial charge on any atom is 0.330 e. The minimum Gasteiger partial charge on any atom is -0.479 e. The normalized spacial score (nSPS) is 11.7. The third-order valence-corrected chi connectivity index (χ3v) is 3.24. The topological polar surface area (TPSA) is 79.3 Å². The van der Waals surface area contributed by atoms with Crippen LogP contribution in [0.4, 0.5) is 0 Å². The lowest BCUT2D eigenvalue weighted by molar-refractivity contribution is -0.139. The molecule has 0 saturated carbocycles. The monoisotopic (exact) mass is 324 g/mol. The average molecular weight is 325 g/mol. The molecule has 1 heterocycles. The highest BCUT2D eigenvalue weighted by molar-refractivity contribution is 6.31. The summed E-state index contributed by atoms with van der Waals surface area (Å²) in [6.45, 7) is 0. The van der Waals surface area contributed by atoms with Gasteiger partial charge in [-0.15, -0.1) is 0 Å². The van der Waals surface area contributed by atoms with E-state index in [2.05, 4.69) is 10.3 Å². The molecule has 0 bridgehead atoms. The average Bonchev–Trinajstić information content (AvgIpc) is 2.45. The number of rotatable bonds is 4. The van der Waals surface area contributed by atoms with Gasteiger partial charge < -0.3 is 10.4 Å². The standard InChI is InChI=1S/C14H10Cl2N2O3/c15-9-5-2-1-4-8(9)12(14(20)21)18-13(19)10-6-3-7-11(16)17-10/h1-7,12H,(H,18,19)(H,20,21)/t12-/m1/s1. The second-order valence-corrected chi connectivity index (χ2v) is 4.91. The number of carboxylic acids is 1. The Morgan fingerprint density at radius 1 is 1.10 bits per heavy atom. The number of aromatic nitrogens is 1. The largest absolute Gasteiger partial charge is 0.479 e. The number of benzene rings is 1. The van der Waals surface area contributed by atoms with Crippen molar-refractivity contribution in [2.45, 2.75) is 6.04 Å². The fourth-order valence-corrected chi connectivity index (χ4v) is 2.13. The lowest BCUT2D eigenvalue weighted by atomic mass is 10.1. The summed E-state index contributed by atoms with van der Waals surface area (Å²) in [7, 11) is 0. The molecule has 0 saturated heterocycles. The van der Waals surface area contributed by atoms with Crippen LogP contribution >= 0.6 is 23.2 Å². The molecule has 1 aromatic heterocycles. The number of hydrogen-bond donors (Lipinski definition) is 2. The SMILES string of the molecule is O=C(N[C@@H](C(=O)O)c1ccccc1Cl)c1cccc(Cl)n1. The molecular formula is C14H10Cl2N2O3. The number of hydrogen-bond acceptors (Lipinski definition) is 3. The molecule has 0 spiro atoms. The van der Waals surface area contributed by atoms with E-state index in [1.165, 1.54) is 18.2 Å². The van der Waals surface area contributed by atoms with Gasteiger partial charge in [0.05, 0.1) is 0 Å². The van der Waals surface area contributed by atoms with Crippen LogP contribution in [0.25, 0.3) is 0 Å². The summed E-state index contributed by atoms with van der Waals surface area (Å²) in [6.07, 6.45) is 0. The molecule has 2 rings (SSSR count). The van der Waals surface area contributed by atoms with Crippen molar-refractivity contribution in [3.63, 3.8) is 0 Å². The van der Waals surface area contributed by atoms with E-state index >= 15 is 0 Å². The number of pyridine rings is 1. The molecule has 1 amide bonds. The van der Waals surface area contributed by atoms with Crippen LogP contribution in [0, 0.1) is 0 Å². The molecule has 108 valence electrons. The molecule has 1 atom stereocenters. The first-order valence-electron chi connectivity index (χ1n) is 5.89. The molecule has 0 radical (unpaired) electrons. The zero-order valence-corrected chi connectivity index (χ0v) is 12.1. The van der Waals surface area contributed by atoms with E-state index < -0.39 is 17.9 Å². The zero-order valence-electron chi connectivity index (χ0n) is 10.6. The van der Waals surface area contributed by atoms with Crippen molar-refractivity contribution in [3.05, 3.63) is 63.9 Å². The number of nitrogens with zero attached hydrogens (tertiary/aromatic N) is 1. The van der Waals surface area contributed by atoms with Crippen LogP contribution in [0.2, 0.25) is 10.2 Å². The van der Waals surface area contributed by atoms with Crippen molar-refractivity contribution < 1.29 is 14.7 Å². The Kier molecular flexibility index (Phi) is 4.77. The van der Waals surface area contributed by atoms with Crippen LogP contribution in [0.3, 0.4) is 0 Å². The Morgan fingerprint density at radius 3 is 2.43 bits per heavy atom. The number of carbonyl (C=O) groups is 2. The molecule has 7 heteroatoms. The Bertz CT molecular complexity index is 691. The molecule has 1 aromatic carbocycles. The first kappa shape index (κ1) is 15.3. The van der Waals surface area contributed by atoms with E-state index in [0.717, 1.165) is 0 Å². The van der Waals surface area contributed by atoms with E-state index in [0.29, 0.717) is 5.56 Å².